The smallest absolute Gasteiger partial charge is 0.336 e. The van der Waals surface area contributed by atoms with Crippen molar-refractivity contribution in [2.45, 2.75) is 31.2 Å². The van der Waals surface area contributed by atoms with Gasteiger partial charge in [0.25, 0.3) is 5.56 Å². The summed E-state index contributed by atoms with van der Waals surface area (Å²) in [4.78, 5) is 25.8. The number of rotatable bonds is 5. The number of hydrogen-bond acceptors (Lipinski definition) is 6. The van der Waals surface area contributed by atoms with Crippen LogP contribution in [-0.2, 0) is 12.2 Å². The van der Waals surface area contributed by atoms with Gasteiger partial charge in [-0.15, -0.1) is 10.2 Å². The molecule has 0 aliphatic heterocycles. The van der Waals surface area contributed by atoms with Gasteiger partial charge in [-0.25, -0.2) is 9.36 Å². The highest BCUT2D eigenvalue weighted by atomic mass is 32.2. The summed E-state index contributed by atoms with van der Waals surface area (Å²) in [7, 11) is 0. The van der Waals surface area contributed by atoms with Crippen molar-refractivity contribution in [1.82, 2.24) is 19.2 Å². The quantitative estimate of drug-likeness (QED) is 0.239. The molecule has 36 heavy (non-hydrogen) atoms. The number of aromatic nitrogens is 4. The summed E-state index contributed by atoms with van der Waals surface area (Å²) in [5.74, 6) is 0.937. The number of para-hydroxylation sites is 2. The van der Waals surface area contributed by atoms with Crippen molar-refractivity contribution in [3.63, 3.8) is 0 Å². The van der Waals surface area contributed by atoms with Crippen molar-refractivity contribution >= 4 is 39.4 Å². The molecule has 0 fully saturated rings. The zero-order valence-corrected chi connectivity index (χ0v) is 20.6. The summed E-state index contributed by atoms with van der Waals surface area (Å²) in [6.45, 7) is 4.03. The van der Waals surface area contributed by atoms with E-state index in [0.717, 1.165) is 39.7 Å². The van der Waals surface area contributed by atoms with E-state index in [0.29, 0.717) is 27.7 Å². The topological polar surface area (TPSA) is 82.4 Å². The number of thioether (sulfide) groups is 1. The lowest BCUT2D eigenvalue weighted by atomic mass is 10.1. The Kier molecular flexibility index (Phi) is 5.45. The first kappa shape index (κ1) is 22.3. The zero-order chi connectivity index (χ0) is 24.8. The number of nitrogens with zero attached hydrogens (tertiary/aromatic N) is 4. The normalized spacial score (nSPS) is 11.6. The van der Waals surface area contributed by atoms with Gasteiger partial charge in [0.05, 0.1) is 16.6 Å². The van der Waals surface area contributed by atoms with Crippen molar-refractivity contribution in [2.24, 2.45) is 0 Å². The van der Waals surface area contributed by atoms with E-state index in [1.54, 1.807) is 4.57 Å². The van der Waals surface area contributed by atoms with E-state index in [9.17, 15) is 9.59 Å². The summed E-state index contributed by atoms with van der Waals surface area (Å²) in [6.07, 6.45) is 0.861. The molecule has 6 rings (SSSR count). The van der Waals surface area contributed by atoms with Crippen LogP contribution in [0.5, 0.6) is 0 Å². The van der Waals surface area contributed by atoms with Gasteiger partial charge in [-0.1, -0.05) is 61.2 Å². The van der Waals surface area contributed by atoms with Crippen LogP contribution in [0, 0.1) is 6.92 Å². The highest BCUT2D eigenvalue weighted by molar-refractivity contribution is 7.98. The minimum atomic E-state index is -0.378. The van der Waals surface area contributed by atoms with Crippen LogP contribution in [0.2, 0.25) is 0 Å². The van der Waals surface area contributed by atoms with Crippen LogP contribution in [-0.4, -0.2) is 19.2 Å². The molecule has 178 valence electrons. The Hall–Kier alpha value is -4.17. The molecule has 0 aliphatic carbocycles. The summed E-state index contributed by atoms with van der Waals surface area (Å²) < 4.78 is 8.99. The Balaban J connectivity index is 1.52. The van der Waals surface area contributed by atoms with Crippen molar-refractivity contribution in [3.8, 4) is 5.69 Å². The highest BCUT2D eigenvalue weighted by Crippen LogP contribution is 2.29. The van der Waals surface area contributed by atoms with E-state index >= 15 is 0 Å². The van der Waals surface area contributed by atoms with Crippen LogP contribution in [0.15, 0.2) is 92.0 Å². The summed E-state index contributed by atoms with van der Waals surface area (Å²) in [5, 5.41) is 11.0. The van der Waals surface area contributed by atoms with Crippen LogP contribution >= 0.6 is 11.8 Å². The number of hydrogen-bond donors (Lipinski definition) is 0. The molecule has 0 amide bonds. The molecule has 0 atom stereocenters. The fourth-order valence-corrected chi connectivity index (χ4v) is 5.49. The molecular weight excluding hydrogens is 472 g/mol. The molecule has 3 aromatic heterocycles. The molecule has 3 aromatic carbocycles. The fraction of sp³-hybridized carbons (Fsp3) is 0.143. The van der Waals surface area contributed by atoms with Crippen LogP contribution < -0.4 is 11.2 Å². The second kappa shape index (κ2) is 8.80. The lowest BCUT2D eigenvalue weighted by molar-refractivity contribution is 0.559. The molecule has 3 heterocycles. The van der Waals surface area contributed by atoms with Crippen molar-refractivity contribution in [2.75, 3.05) is 0 Å². The summed E-state index contributed by atoms with van der Waals surface area (Å²) in [5.41, 5.74) is 4.50. The lowest BCUT2D eigenvalue weighted by Gasteiger charge is -2.13. The van der Waals surface area contributed by atoms with Crippen LogP contribution in [0.3, 0.4) is 0 Å². The minimum Gasteiger partial charge on any atom is -0.423 e. The molecule has 0 saturated heterocycles. The maximum absolute atomic E-state index is 13.5. The first-order valence-electron chi connectivity index (χ1n) is 11.7. The average molecular weight is 495 g/mol. The van der Waals surface area contributed by atoms with E-state index in [-0.39, 0.29) is 11.2 Å². The average Bonchev–Trinajstić information content (AvgIpc) is 3.31. The second-order valence-electron chi connectivity index (χ2n) is 8.63. The predicted octanol–water partition coefficient (Wildman–Crippen LogP) is 5.30. The number of aryl methyl sites for hydroxylation is 2. The Bertz CT molecular complexity index is 1900. The zero-order valence-electron chi connectivity index (χ0n) is 19.8. The largest absolute Gasteiger partial charge is 0.423 e. The monoisotopic (exact) mass is 494 g/mol. The number of fused-ring (bicyclic) bond motifs is 4. The first-order chi connectivity index (χ1) is 17.5. The molecule has 0 N–H and O–H groups in total. The van der Waals surface area contributed by atoms with Crippen LogP contribution in [0.25, 0.3) is 33.3 Å². The molecule has 0 aliphatic rings. The summed E-state index contributed by atoms with van der Waals surface area (Å²) >= 11 is 1.47. The van der Waals surface area contributed by atoms with E-state index in [2.05, 4.69) is 23.2 Å². The van der Waals surface area contributed by atoms with E-state index in [4.69, 9.17) is 4.42 Å². The molecule has 0 spiro atoms. The van der Waals surface area contributed by atoms with Gasteiger partial charge in [0.2, 0.25) is 5.78 Å². The second-order valence-corrected chi connectivity index (χ2v) is 9.57. The Morgan fingerprint density at radius 3 is 2.56 bits per heavy atom. The van der Waals surface area contributed by atoms with Gasteiger partial charge in [0, 0.05) is 17.2 Å². The molecule has 0 bridgehead atoms. The maximum Gasteiger partial charge on any atom is 0.336 e. The van der Waals surface area contributed by atoms with Crippen molar-refractivity contribution in [1.29, 1.82) is 0 Å². The third kappa shape index (κ3) is 3.61. The van der Waals surface area contributed by atoms with Gasteiger partial charge in [-0.3, -0.25) is 9.20 Å². The molecule has 8 heteroatoms. The van der Waals surface area contributed by atoms with Gasteiger partial charge in [-0.05, 0) is 54.3 Å². The molecule has 7 nitrogen and oxygen atoms in total. The van der Waals surface area contributed by atoms with E-state index in [1.807, 2.05) is 72.0 Å². The van der Waals surface area contributed by atoms with Crippen LogP contribution in [0.1, 0.15) is 23.6 Å². The van der Waals surface area contributed by atoms with Gasteiger partial charge in [-0.2, -0.15) is 0 Å². The van der Waals surface area contributed by atoms with Crippen molar-refractivity contribution in [3.05, 3.63) is 110 Å². The van der Waals surface area contributed by atoms with Gasteiger partial charge in [0.15, 0.2) is 5.16 Å². The van der Waals surface area contributed by atoms with Crippen molar-refractivity contribution < 1.29 is 4.42 Å². The van der Waals surface area contributed by atoms with Gasteiger partial charge < -0.3 is 4.42 Å². The lowest BCUT2D eigenvalue weighted by Crippen LogP contribution is -2.22. The number of benzene rings is 3. The highest BCUT2D eigenvalue weighted by Gasteiger charge is 2.19. The Morgan fingerprint density at radius 1 is 0.917 bits per heavy atom. The minimum absolute atomic E-state index is 0.144. The molecule has 6 aromatic rings. The van der Waals surface area contributed by atoms with Crippen LogP contribution in [0.4, 0.5) is 0 Å². The third-order valence-corrected chi connectivity index (χ3v) is 7.39. The Labute approximate surface area is 210 Å². The molecule has 0 unspecified atom stereocenters. The SMILES string of the molecule is CCc1ccc2c(CSc3nnc4n(-c5ccccc5C)c(=O)c5ccccc5n34)cc(=O)oc2c1. The maximum atomic E-state index is 13.5. The van der Waals surface area contributed by atoms with E-state index in [1.165, 1.54) is 17.8 Å². The van der Waals surface area contributed by atoms with E-state index < -0.39 is 0 Å². The summed E-state index contributed by atoms with van der Waals surface area (Å²) in [6, 6.07) is 22.7. The molecule has 0 radical (unpaired) electrons. The molecule has 0 saturated carbocycles. The van der Waals surface area contributed by atoms with Gasteiger partial charge in [0.1, 0.15) is 5.58 Å². The first-order valence-corrected chi connectivity index (χ1v) is 12.7. The molecular formula is C28H22N4O3S. The third-order valence-electron chi connectivity index (χ3n) is 6.41. The Morgan fingerprint density at radius 2 is 1.72 bits per heavy atom. The van der Waals surface area contributed by atoms with Gasteiger partial charge >= 0.3 is 5.63 Å². The standard InChI is InChI=1S/C28H22N4O3S/c1-3-18-12-13-20-19(15-25(33)35-24(20)14-18)16-36-28-30-29-27-31(22-10-6-4-8-17(22)2)26(34)21-9-5-7-11-23(21)32(27)28/h4-15H,3,16H2,1-2H3. The fourth-order valence-electron chi connectivity index (χ4n) is 4.56. The predicted molar refractivity (Wildman–Crippen MR) is 142 cm³/mol.